The van der Waals surface area contributed by atoms with Gasteiger partial charge in [0, 0.05) is 18.3 Å². The molecule has 3 fully saturated rings. The second-order valence-electron chi connectivity index (χ2n) is 9.43. The summed E-state index contributed by atoms with van der Waals surface area (Å²) < 4.78 is 16.0. The number of aryl methyl sites for hydroxylation is 2. The van der Waals surface area contributed by atoms with Crippen LogP contribution < -0.4 is 0 Å². The molecule has 0 saturated carbocycles. The van der Waals surface area contributed by atoms with Crippen LogP contribution >= 0.6 is 0 Å². The summed E-state index contributed by atoms with van der Waals surface area (Å²) in [4.78, 5) is 20.6. The fourth-order valence-corrected chi connectivity index (χ4v) is 5.57. The van der Waals surface area contributed by atoms with Gasteiger partial charge in [-0.05, 0) is 68.8 Å². The largest absolute Gasteiger partial charge is 0.304 e. The molecule has 3 saturated heterocycles. The van der Waals surface area contributed by atoms with Crippen LogP contribution in [0.5, 0.6) is 0 Å². The van der Waals surface area contributed by atoms with Gasteiger partial charge in [-0.1, -0.05) is 24.3 Å². The van der Waals surface area contributed by atoms with Crippen LogP contribution in [0.1, 0.15) is 41.4 Å². The molecular weight excluding hydrogens is 415 g/mol. The molecule has 6 nitrogen and oxygen atoms in total. The monoisotopic (exact) mass is 442 g/mol. The number of piperidine rings is 3. The first-order chi connectivity index (χ1) is 16.0. The highest BCUT2D eigenvalue weighted by Gasteiger charge is 2.34. The van der Waals surface area contributed by atoms with Crippen molar-refractivity contribution < 1.29 is 4.39 Å². The molecule has 0 aliphatic carbocycles. The predicted octanol–water partition coefficient (Wildman–Crippen LogP) is 4.50. The number of aromatic nitrogens is 5. The lowest BCUT2D eigenvalue weighted by Crippen LogP contribution is -2.46. The number of pyridine rings is 1. The molecule has 6 heterocycles. The van der Waals surface area contributed by atoms with Crippen molar-refractivity contribution in [3.63, 3.8) is 0 Å². The third kappa shape index (κ3) is 3.70. The topological polar surface area (TPSA) is 59.7 Å². The molecule has 3 aromatic heterocycles. The lowest BCUT2D eigenvalue weighted by Gasteiger charge is -2.45. The molecule has 0 radical (unpaired) electrons. The molecule has 0 amide bonds. The molecule has 0 spiro atoms. The molecule has 0 N–H and O–H groups in total. The van der Waals surface area contributed by atoms with Crippen molar-refractivity contribution in [2.45, 2.75) is 39.2 Å². The Hall–Kier alpha value is -3.19. The number of benzene rings is 1. The Morgan fingerprint density at radius 1 is 1.00 bits per heavy atom. The number of hydrogen-bond acceptors (Lipinski definition) is 5. The highest BCUT2D eigenvalue weighted by Crippen LogP contribution is 2.39. The summed E-state index contributed by atoms with van der Waals surface area (Å²) >= 11 is 0. The van der Waals surface area contributed by atoms with E-state index in [2.05, 4.69) is 48.7 Å². The fraction of sp³-hybridized carbons (Fsp3) is 0.385. The van der Waals surface area contributed by atoms with E-state index in [1.807, 2.05) is 13.8 Å². The average molecular weight is 443 g/mol. The fourth-order valence-electron chi connectivity index (χ4n) is 5.57. The highest BCUT2D eigenvalue weighted by molar-refractivity contribution is 5.79. The third-order valence-corrected chi connectivity index (χ3v) is 7.25. The van der Waals surface area contributed by atoms with Crippen LogP contribution in [0.3, 0.4) is 0 Å². The number of fused-ring (bicyclic) bond motifs is 4. The summed E-state index contributed by atoms with van der Waals surface area (Å²) in [6, 6.07) is 10.5. The van der Waals surface area contributed by atoms with Crippen molar-refractivity contribution >= 4 is 11.2 Å². The molecule has 1 atom stereocenters. The first-order valence-electron chi connectivity index (χ1n) is 11.7. The molecule has 3 aliphatic rings. The number of hydrogen-bond donors (Lipinski definition) is 0. The zero-order valence-electron chi connectivity index (χ0n) is 19.0. The molecule has 168 valence electrons. The number of imidazole rings is 1. The number of halogens is 1. The molecule has 7 heteroatoms. The summed E-state index contributed by atoms with van der Waals surface area (Å²) in [6.07, 6.45) is 5.49. The van der Waals surface area contributed by atoms with Gasteiger partial charge in [0.2, 0.25) is 0 Å². The molecule has 2 bridgehead atoms. The maximum Gasteiger partial charge on any atom is 0.164 e. The Morgan fingerprint density at radius 2 is 1.79 bits per heavy atom. The van der Waals surface area contributed by atoms with E-state index in [4.69, 9.17) is 4.98 Å². The third-order valence-electron chi connectivity index (χ3n) is 7.25. The van der Waals surface area contributed by atoms with Crippen LogP contribution in [0.2, 0.25) is 0 Å². The standard InChI is InChI=1S/C26H27FN6/c1-16-24-26(30-17(2)29-16)33(25(31-24)21-11-22(27)13-28-12-21)14-18-3-5-19(6-4-18)23-15-32-9-7-20(23)8-10-32/h3-6,11-13,20,23H,7-10,14-15H2,1-2H3. The van der Waals surface area contributed by atoms with Crippen LogP contribution in [-0.4, -0.2) is 49.0 Å². The lowest BCUT2D eigenvalue weighted by molar-refractivity contribution is 0.0871. The van der Waals surface area contributed by atoms with Gasteiger partial charge in [-0.2, -0.15) is 0 Å². The van der Waals surface area contributed by atoms with Crippen LogP contribution in [0, 0.1) is 25.6 Å². The SMILES string of the molecule is Cc1nc(C)c2nc(-c3cncc(F)c3)n(Cc3ccc(C4CN5CCC4CC5)cc3)c2n1. The summed E-state index contributed by atoms with van der Waals surface area (Å²) in [5, 5.41) is 0. The predicted molar refractivity (Wildman–Crippen MR) is 125 cm³/mol. The minimum absolute atomic E-state index is 0.382. The quantitative estimate of drug-likeness (QED) is 0.466. The van der Waals surface area contributed by atoms with Crippen LogP contribution in [-0.2, 0) is 6.54 Å². The summed E-state index contributed by atoms with van der Waals surface area (Å²) in [7, 11) is 0. The molecule has 4 aromatic rings. The lowest BCUT2D eigenvalue weighted by atomic mass is 9.75. The van der Waals surface area contributed by atoms with Gasteiger partial charge in [0.1, 0.15) is 23.0 Å². The molecule has 3 aliphatic heterocycles. The van der Waals surface area contributed by atoms with Crippen molar-refractivity contribution in [2.24, 2.45) is 5.92 Å². The van der Waals surface area contributed by atoms with Crippen molar-refractivity contribution in [1.29, 1.82) is 0 Å². The smallest absolute Gasteiger partial charge is 0.164 e. The van der Waals surface area contributed by atoms with Crippen molar-refractivity contribution in [3.05, 3.63) is 71.2 Å². The van der Waals surface area contributed by atoms with E-state index >= 15 is 0 Å². The zero-order valence-corrected chi connectivity index (χ0v) is 19.0. The van der Waals surface area contributed by atoms with Crippen molar-refractivity contribution in [1.82, 2.24) is 29.4 Å². The maximum absolute atomic E-state index is 14.0. The van der Waals surface area contributed by atoms with E-state index in [0.29, 0.717) is 29.7 Å². The van der Waals surface area contributed by atoms with Crippen LogP contribution in [0.4, 0.5) is 4.39 Å². The summed E-state index contributed by atoms with van der Waals surface area (Å²) in [6.45, 7) is 8.11. The van der Waals surface area contributed by atoms with Gasteiger partial charge in [-0.3, -0.25) is 4.98 Å². The van der Waals surface area contributed by atoms with Gasteiger partial charge < -0.3 is 9.47 Å². The first-order valence-corrected chi connectivity index (χ1v) is 11.7. The summed E-state index contributed by atoms with van der Waals surface area (Å²) in [5.74, 6) is 2.42. The molecule has 7 rings (SSSR count). The van der Waals surface area contributed by atoms with E-state index in [1.165, 1.54) is 55.9 Å². The molecular formula is C26H27FN6. The minimum Gasteiger partial charge on any atom is -0.304 e. The van der Waals surface area contributed by atoms with E-state index in [0.717, 1.165) is 22.8 Å². The van der Waals surface area contributed by atoms with Gasteiger partial charge in [0.15, 0.2) is 5.65 Å². The Balaban J connectivity index is 1.38. The Kier molecular flexibility index (Phi) is 4.94. The first kappa shape index (κ1) is 20.4. The Bertz CT molecular complexity index is 1320. The van der Waals surface area contributed by atoms with Crippen LogP contribution in [0.15, 0.2) is 42.7 Å². The van der Waals surface area contributed by atoms with Gasteiger partial charge in [0.25, 0.3) is 0 Å². The Morgan fingerprint density at radius 3 is 2.48 bits per heavy atom. The molecule has 1 unspecified atom stereocenters. The second-order valence-corrected chi connectivity index (χ2v) is 9.43. The average Bonchev–Trinajstić information content (AvgIpc) is 3.19. The van der Waals surface area contributed by atoms with E-state index < -0.39 is 0 Å². The van der Waals surface area contributed by atoms with Gasteiger partial charge in [-0.15, -0.1) is 0 Å². The molecule has 33 heavy (non-hydrogen) atoms. The van der Waals surface area contributed by atoms with Gasteiger partial charge in [-0.25, -0.2) is 19.3 Å². The van der Waals surface area contributed by atoms with E-state index in [9.17, 15) is 4.39 Å². The minimum atomic E-state index is -0.382. The second kappa shape index (κ2) is 7.99. The van der Waals surface area contributed by atoms with Crippen molar-refractivity contribution in [2.75, 3.05) is 19.6 Å². The summed E-state index contributed by atoms with van der Waals surface area (Å²) in [5.41, 5.74) is 5.56. The van der Waals surface area contributed by atoms with Crippen LogP contribution in [0.25, 0.3) is 22.6 Å². The van der Waals surface area contributed by atoms with Gasteiger partial charge >= 0.3 is 0 Å². The molecule has 1 aromatic carbocycles. The van der Waals surface area contributed by atoms with Crippen molar-refractivity contribution in [3.8, 4) is 11.4 Å². The van der Waals surface area contributed by atoms with E-state index in [1.54, 1.807) is 6.20 Å². The maximum atomic E-state index is 14.0. The zero-order chi connectivity index (χ0) is 22.5. The number of rotatable bonds is 4. The Labute approximate surface area is 192 Å². The van der Waals surface area contributed by atoms with Gasteiger partial charge in [0.05, 0.1) is 18.4 Å². The number of nitrogens with zero attached hydrogens (tertiary/aromatic N) is 6. The normalized spacial score (nSPS) is 22.2. The van der Waals surface area contributed by atoms with E-state index in [-0.39, 0.29) is 5.82 Å². The highest BCUT2D eigenvalue weighted by atomic mass is 19.1.